The first-order chi connectivity index (χ1) is 9.81. The van der Waals surface area contributed by atoms with E-state index in [4.69, 9.17) is 5.11 Å². The number of nitrogens with zero attached hydrogens (tertiary/aromatic N) is 2. The highest BCUT2D eigenvalue weighted by Crippen LogP contribution is 2.06. The van der Waals surface area contributed by atoms with Gasteiger partial charge >= 0.3 is 5.97 Å². The summed E-state index contributed by atoms with van der Waals surface area (Å²) >= 11 is 0. The van der Waals surface area contributed by atoms with Gasteiger partial charge in [-0.3, -0.25) is 19.7 Å². The number of nitrogens with one attached hydrogen (secondary N) is 1. The van der Waals surface area contributed by atoms with Crippen molar-refractivity contribution in [1.29, 1.82) is 0 Å². The standard InChI is InChI=1S/C14H25N3O4/c1-10(2)8-12(14(20)21)15-9-13(19)17-6-4-16(5-7-17)11(3)18/h10,12,15H,4-9H2,1-3H3,(H,20,21). The fraction of sp³-hybridized carbons (Fsp3) is 0.786. The quantitative estimate of drug-likeness (QED) is 0.707. The number of carbonyl (C=O) groups is 3. The van der Waals surface area contributed by atoms with Crippen LogP contribution in [-0.4, -0.2) is 71.5 Å². The Morgan fingerprint density at radius 3 is 2.05 bits per heavy atom. The second-order valence-corrected chi connectivity index (χ2v) is 5.79. The summed E-state index contributed by atoms with van der Waals surface area (Å²) in [5.41, 5.74) is 0. The zero-order valence-electron chi connectivity index (χ0n) is 13.0. The van der Waals surface area contributed by atoms with Crippen molar-refractivity contribution in [3.8, 4) is 0 Å². The van der Waals surface area contributed by atoms with E-state index in [0.717, 1.165) is 0 Å². The van der Waals surface area contributed by atoms with Crippen LogP contribution in [0.2, 0.25) is 0 Å². The molecule has 0 radical (unpaired) electrons. The summed E-state index contributed by atoms with van der Waals surface area (Å²) in [5.74, 6) is -0.790. The summed E-state index contributed by atoms with van der Waals surface area (Å²) < 4.78 is 0. The molecule has 7 heteroatoms. The Kier molecular flexibility index (Phi) is 6.61. The summed E-state index contributed by atoms with van der Waals surface area (Å²) in [5, 5.41) is 11.9. The van der Waals surface area contributed by atoms with Crippen molar-refractivity contribution in [2.75, 3.05) is 32.7 Å². The molecular formula is C14H25N3O4. The molecule has 0 bridgehead atoms. The van der Waals surface area contributed by atoms with Crippen molar-refractivity contribution in [1.82, 2.24) is 15.1 Å². The lowest BCUT2D eigenvalue weighted by atomic mass is 10.0. The molecule has 2 amide bonds. The van der Waals surface area contributed by atoms with Gasteiger partial charge < -0.3 is 14.9 Å². The normalized spacial score (nSPS) is 17.0. The Morgan fingerprint density at radius 2 is 1.62 bits per heavy atom. The molecule has 0 aromatic heterocycles. The second kappa shape index (κ2) is 7.97. The van der Waals surface area contributed by atoms with E-state index in [1.165, 1.54) is 6.92 Å². The van der Waals surface area contributed by atoms with Crippen LogP contribution in [0.25, 0.3) is 0 Å². The van der Waals surface area contributed by atoms with E-state index in [0.29, 0.717) is 32.6 Å². The van der Waals surface area contributed by atoms with E-state index in [9.17, 15) is 14.4 Å². The maximum absolute atomic E-state index is 12.1. The molecule has 21 heavy (non-hydrogen) atoms. The third-order valence-electron chi connectivity index (χ3n) is 3.58. The minimum absolute atomic E-state index is 0.0168. The van der Waals surface area contributed by atoms with Crippen LogP contribution in [-0.2, 0) is 14.4 Å². The molecule has 1 fully saturated rings. The van der Waals surface area contributed by atoms with E-state index < -0.39 is 12.0 Å². The molecular weight excluding hydrogens is 274 g/mol. The van der Waals surface area contributed by atoms with Gasteiger partial charge in [0.2, 0.25) is 11.8 Å². The number of piperazine rings is 1. The summed E-state index contributed by atoms with van der Waals surface area (Å²) in [6, 6.07) is -0.701. The number of amides is 2. The van der Waals surface area contributed by atoms with Crippen LogP contribution in [0.4, 0.5) is 0 Å². The SMILES string of the molecule is CC(=O)N1CCN(C(=O)CNC(CC(C)C)C(=O)O)CC1. The van der Waals surface area contributed by atoms with Crippen LogP contribution >= 0.6 is 0 Å². The zero-order valence-corrected chi connectivity index (χ0v) is 13.0. The van der Waals surface area contributed by atoms with E-state index in [-0.39, 0.29) is 24.3 Å². The Bertz CT molecular complexity index is 390. The lowest BCUT2D eigenvalue weighted by molar-refractivity contribution is -0.141. The van der Waals surface area contributed by atoms with Crippen LogP contribution in [0.5, 0.6) is 0 Å². The van der Waals surface area contributed by atoms with Crippen LogP contribution in [0, 0.1) is 5.92 Å². The van der Waals surface area contributed by atoms with E-state index in [1.54, 1.807) is 9.80 Å². The van der Waals surface area contributed by atoms with Gasteiger partial charge in [0, 0.05) is 33.1 Å². The number of carboxylic acid groups (broad SMARTS) is 1. The molecule has 2 N–H and O–H groups in total. The molecule has 7 nitrogen and oxygen atoms in total. The molecule has 1 saturated heterocycles. The highest BCUT2D eigenvalue weighted by atomic mass is 16.4. The van der Waals surface area contributed by atoms with Crippen LogP contribution in [0.15, 0.2) is 0 Å². The fourth-order valence-electron chi connectivity index (χ4n) is 2.34. The molecule has 0 aromatic rings. The van der Waals surface area contributed by atoms with Crippen molar-refractivity contribution >= 4 is 17.8 Å². The maximum Gasteiger partial charge on any atom is 0.320 e. The molecule has 120 valence electrons. The minimum atomic E-state index is -0.933. The maximum atomic E-state index is 12.1. The first-order valence-corrected chi connectivity index (χ1v) is 7.30. The van der Waals surface area contributed by atoms with Crippen molar-refractivity contribution in [2.24, 2.45) is 5.92 Å². The summed E-state index contributed by atoms with van der Waals surface area (Å²) in [7, 11) is 0. The largest absolute Gasteiger partial charge is 0.480 e. The molecule has 1 aliphatic rings. The predicted molar refractivity (Wildman–Crippen MR) is 77.7 cm³/mol. The minimum Gasteiger partial charge on any atom is -0.480 e. The van der Waals surface area contributed by atoms with Crippen LogP contribution in [0.1, 0.15) is 27.2 Å². The van der Waals surface area contributed by atoms with Gasteiger partial charge in [0.05, 0.1) is 6.54 Å². The number of aliphatic carboxylic acids is 1. The van der Waals surface area contributed by atoms with Gasteiger partial charge in [0.1, 0.15) is 6.04 Å². The van der Waals surface area contributed by atoms with Crippen LogP contribution < -0.4 is 5.32 Å². The van der Waals surface area contributed by atoms with Gasteiger partial charge in [-0.05, 0) is 12.3 Å². The average molecular weight is 299 g/mol. The fourth-order valence-corrected chi connectivity index (χ4v) is 2.34. The van der Waals surface area contributed by atoms with E-state index in [2.05, 4.69) is 5.32 Å². The summed E-state index contributed by atoms with van der Waals surface area (Å²) in [6.07, 6.45) is 0.487. The summed E-state index contributed by atoms with van der Waals surface area (Å²) in [4.78, 5) is 37.7. The van der Waals surface area contributed by atoms with Crippen LogP contribution in [0.3, 0.4) is 0 Å². The number of hydrogen-bond acceptors (Lipinski definition) is 4. The number of carbonyl (C=O) groups excluding carboxylic acids is 2. The number of carboxylic acids is 1. The van der Waals surface area contributed by atoms with Gasteiger partial charge in [-0.1, -0.05) is 13.8 Å². The summed E-state index contributed by atoms with van der Waals surface area (Å²) in [6.45, 7) is 7.50. The Morgan fingerprint density at radius 1 is 1.10 bits per heavy atom. The van der Waals surface area contributed by atoms with Gasteiger partial charge in [0.25, 0.3) is 0 Å². The smallest absolute Gasteiger partial charge is 0.320 e. The Balaban J connectivity index is 2.39. The van der Waals surface area contributed by atoms with E-state index in [1.807, 2.05) is 13.8 Å². The van der Waals surface area contributed by atoms with Gasteiger partial charge in [-0.15, -0.1) is 0 Å². The zero-order chi connectivity index (χ0) is 16.0. The molecule has 0 aromatic carbocycles. The molecule has 1 rings (SSSR count). The lowest BCUT2D eigenvalue weighted by Gasteiger charge is -2.34. The van der Waals surface area contributed by atoms with Crippen molar-refractivity contribution < 1.29 is 19.5 Å². The molecule has 0 spiro atoms. The molecule has 0 saturated carbocycles. The monoisotopic (exact) mass is 299 g/mol. The van der Waals surface area contributed by atoms with Crippen molar-refractivity contribution in [3.63, 3.8) is 0 Å². The molecule has 1 atom stereocenters. The highest BCUT2D eigenvalue weighted by Gasteiger charge is 2.24. The van der Waals surface area contributed by atoms with Crippen molar-refractivity contribution in [3.05, 3.63) is 0 Å². The third-order valence-corrected chi connectivity index (χ3v) is 3.58. The van der Waals surface area contributed by atoms with Gasteiger partial charge in [-0.25, -0.2) is 0 Å². The number of hydrogen-bond donors (Lipinski definition) is 2. The van der Waals surface area contributed by atoms with Gasteiger partial charge in [-0.2, -0.15) is 0 Å². The average Bonchev–Trinajstić information content (AvgIpc) is 2.42. The third kappa shape index (κ3) is 5.71. The first-order valence-electron chi connectivity index (χ1n) is 7.30. The van der Waals surface area contributed by atoms with Gasteiger partial charge in [0.15, 0.2) is 0 Å². The topological polar surface area (TPSA) is 90.0 Å². The highest BCUT2D eigenvalue weighted by molar-refractivity contribution is 5.80. The predicted octanol–water partition coefficient (Wildman–Crippen LogP) is -0.234. The molecule has 1 unspecified atom stereocenters. The first kappa shape index (κ1) is 17.4. The molecule has 1 heterocycles. The molecule has 1 aliphatic heterocycles. The van der Waals surface area contributed by atoms with E-state index >= 15 is 0 Å². The van der Waals surface area contributed by atoms with Crippen molar-refractivity contribution in [2.45, 2.75) is 33.2 Å². The Labute approximate surface area is 125 Å². The number of rotatable bonds is 6. The lowest BCUT2D eigenvalue weighted by Crippen LogP contribution is -2.53. The molecule has 0 aliphatic carbocycles. The Hall–Kier alpha value is -1.63. The second-order valence-electron chi connectivity index (χ2n) is 5.79.